The highest BCUT2D eigenvalue weighted by Gasteiger charge is 2.32. The molecule has 1 aliphatic heterocycles. The predicted octanol–water partition coefficient (Wildman–Crippen LogP) is -2.14. The van der Waals surface area contributed by atoms with Crippen LogP contribution in [0.3, 0.4) is 0 Å². The lowest BCUT2D eigenvalue weighted by Crippen LogP contribution is -2.64. The van der Waals surface area contributed by atoms with E-state index in [-0.39, 0.29) is 24.3 Å². The van der Waals surface area contributed by atoms with E-state index < -0.39 is 30.1 Å². The zero-order valence-corrected chi connectivity index (χ0v) is 16.0. The number of hydrogen-bond acceptors (Lipinski definition) is 7. The van der Waals surface area contributed by atoms with Crippen LogP contribution in [0.4, 0.5) is 0 Å². The van der Waals surface area contributed by atoms with Crippen LogP contribution in [0.15, 0.2) is 0 Å². The van der Waals surface area contributed by atoms with Crippen molar-refractivity contribution in [2.75, 3.05) is 19.6 Å². The summed E-state index contributed by atoms with van der Waals surface area (Å²) in [6.45, 7) is 8.12. The van der Waals surface area contributed by atoms with Crippen LogP contribution in [0.5, 0.6) is 0 Å². The Morgan fingerprint density at radius 3 is 2.35 bits per heavy atom. The van der Waals surface area contributed by atoms with Gasteiger partial charge in [-0.25, -0.2) is 0 Å². The third-order valence-electron chi connectivity index (χ3n) is 4.35. The minimum absolute atomic E-state index is 0.0491. The first-order valence-electron chi connectivity index (χ1n) is 9.11. The number of aliphatic hydroxyl groups is 1. The summed E-state index contributed by atoms with van der Waals surface area (Å²) in [6, 6.07) is -2.34. The number of rotatable bonds is 9. The molecule has 0 aromatic carbocycles. The van der Waals surface area contributed by atoms with Crippen molar-refractivity contribution in [2.45, 2.75) is 64.4 Å². The highest BCUT2D eigenvalue weighted by molar-refractivity contribution is 5.93. The highest BCUT2D eigenvalue weighted by Crippen LogP contribution is 2.08. The molecule has 0 aliphatic carbocycles. The maximum absolute atomic E-state index is 12.5. The predicted molar refractivity (Wildman–Crippen MR) is 98.3 cm³/mol. The molecule has 0 aromatic rings. The Morgan fingerprint density at radius 2 is 1.85 bits per heavy atom. The molecule has 5 atom stereocenters. The van der Waals surface area contributed by atoms with Crippen molar-refractivity contribution in [3.8, 4) is 0 Å². The second-order valence-electron chi connectivity index (χ2n) is 7.34. The molecule has 0 saturated carbocycles. The van der Waals surface area contributed by atoms with Gasteiger partial charge in [-0.1, -0.05) is 13.8 Å². The average Bonchev–Trinajstić information content (AvgIpc) is 2.56. The van der Waals surface area contributed by atoms with E-state index in [2.05, 4.69) is 35.1 Å². The first-order chi connectivity index (χ1) is 12.1. The summed E-state index contributed by atoms with van der Waals surface area (Å²) in [5.41, 5.74) is 5.47. The Labute approximate surface area is 154 Å². The number of piperazine rings is 1. The van der Waals surface area contributed by atoms with E-state index in [0.717, 1.165) is 13.0 Å². The van der Waals surface area contributed by atoms with E-state index in [1.807, 2.05) is 0 Å². The molecule has 26 heavy (non-hydrogen) atoms. The number of carbonyl (C=O) groups excluding carboxylic acids is 3. The van der Waals surface area contributed by atoms with E-state index in [0.29, 0.717) is 12.5 Å². The minimum atomic E-state index is -1.16. The molecule has 1 aliphatic rings. The third kappa shape index (κ3) is 6.99. The zero-order valence-electron chi connectivity index (χ0n) is 16.0. The molecule has 0 aromatic heterocycles. The van der Waals surface area contributed by atoms with E-state index in [1.165, 1.54) is 13.8 Å². The summed E-state index contributed by atoms with van der Waals surface area (Å²) in [6.07, 6.45) is -0.194. The maximum atomic E-state index is 12.5. The number of nitrogens with two attached hydrogens (primary N) is 1. The van der Waals surface area contributed by atoms with Crippen molar-refractivity contribution in [2.24, 2.45) is 11.7 Å². The van der Waals surface area contributed by atoms with Crippen LogP contribution in [-0.4, -0.2) is 72.6 Å². The van der Waals surface area contributed by atoms with E-state index in [9.17, 15) is 19.5 Å². The summed E-state index contributed by atoms with van der Waals surface area (Å²) >= 11 is 0. The molecule has 150 valence electrons. The number of carbonyl (C=O) groups is 3. The molecule has 0 radical (unpaired) electrons. The number of aliphatic hydroxyl groups excluding tert-OH is 1. The van der Waals surface area contributed by atoms with Crippen molar-refractivity contribution in [1.82, 2.24) is 21.3 Å². The monoisotopic (exact) mass is 371 g/mol. The fourth-order valence-electron chi connectivity index (χ4n) is 2.94. The van der Waals surface area contributed by atoms with Crippen LogP contribution in [0.2, 0.25) is 0 Å². The van der Waals surface area contributed by atoms with E-state index >= 15 is 0 Å². The second-order valence-corrected chi connectivity index (χ2v) is 7.34. The summed E-state index contributed by atoms with van der Waals surface area (Å²) in [5.74, 6) is -0.807. The van der Waals surface area contributed by atoms with E-state index in [4.69, 9.17) is 5.73 Å². The lowest BCUT2D eigenvalue weighted by Gasteiger charge is -2.33. The van der Waals surface area contributed by atoms with Gasteiger partial charge in [-0.2, -0.15) is 0 Å². The molecule has 0 spiro atoms. The molecule has 0 bridgehead atoms. The molecule has 9 nitrogen and oxygen atoms in total. The molecule has 1 rings (SSSR count). The molecule has 7 N–H and O–H groups in total. The lowest BCUT2D eigenvalue weighted by molar-refractivity contribution is -0.134. The van der Waals surface area contributed by atoms with Crippen LogP contribution in [0.1, 0.15) is 34.1 Å². The number of amides is 2. The first-order valence-corrected chi connectivity index (χ1v) is 9.11. The van der Waals surface area contributed by atoms with Crippen LogP contribution >= 0.6 is 0 Å². The van der Waals surface area contributed by atoms with Crippen LogP contribution in [-0.2, 0) is 14.4 Å². The Morgan fingerprint density at radius 1 is 1.19 bits per heavy atom. The molecule has 1 heterocycles. The summed E-state index contributed by atoms with van der Waals surface area (Å²) in [7, 11) is 0. The topological polar surface area (TPSA) is 146 Å². The van der Waals surface area contributed by atoms with Crippen LogP contribution in [0, 0.1) is 5.92 Å². The van der Waals surface area contributed by atoms with E-state index in [1.54, 1.807) is 0 Å². The first kappa shape index (κ1) is 22.5. The molecular formula is C17H33N5O4. The van der Waals surface area contributed by atoms with Gasteiger partial charge in [0.05, 0.1) is 18.2 Å². The number of Topliss-reactive ketones (excluding diaryl/α,β-unsaturated/α-hetero) is 1. The van der Waals surface area contributed by atoms with Gasteiger partial charge in [0.15, 0.2) is 5.78 Å². The van der Waals surface area contributed by atoms with Gasteiger partial charge >= 0.3 is 0 Å². The SMILES string of the molecule is CC(=O)[C@H](CN)NC(=O)[C@@H](NC(=O)C1CNCC(CC(C)C)N1)[C@H](C)O. The van der Waals surface area contributed by atoms with Crippen molar-refractivity contribution < 1.29 is 19.5 Å². The van der Waals surface area contributed by atoms with Gasteiger partial charge in [0.1, 0.15) is 6.04 Å². The Kier molecular flexibility index (Phi) is 9.14. The Bertz CT molecular complexity index is 498. The van der Waals surface area contributed by atoms with Gasteiger partial charge in [0, 0.05) is 25.7 Å². The van der Waals surface area contributed by atoms with Gasteiger partial charge in [-0.15, -0.1) is 0 Å². The van der Waals surface area contributed by atoms with Gasteiger partial charge in [-0.05, 0) is 26.2 Å². The molecule has 1 saturated heterocycles. The number of nitrogens with one attached hydrogen (secondary N) is 4. The number of ketones is 1. The van der Waals surface area contributed by atoms with Crippen molar-refractivity contribution >= 4 is 17.6 Å². The van der Waals surface area contributed by atoms with Gasteiger partial charge < -0.3 is 32.1 Å². The normalized spacial score (nSPS) is 23.8. The lowest BCUT2D eigenvalue weighted by atomic mass is 10.0. The summed E-state index contributed by atoms with van der Waals surface area (Å²) in [4.78, 5) is 36.3. The zero-order chi connectivity index (χ0) is 19.9. The van der Waals surface area contributed by atoms with Gasteiger partial charge in [0.2, 0.25) is 11.8 Å². The quantitative estimate of drug-likeness (QED) is 0.271. The third-order valence-corrected chi connectivity index (χ3v) is 4.35. The van der Waals surface area contributed by atoms with Gasteiger partial charge in [-0.3, -0.25) is 14.4 Å². The smallest absolute Gasteiger partial charge is 0.245 e. The highest BCUT2D eigenvalue weighted by atomic mass is 16.3. The standard InChI is InChI=1S/C17H33N5O4/c1-9(2)5-12-7-19-8-14(20-12)16(25)22-15(11(4)24)17(26)21-13(6-18)10(3)23/h9,11-15,19-20,24H,5-8,18H2,1-4H3,(H,21,26)(H,22,25)/t11-,12?,13-,14?,15-/m0/s1. The maximum Gasteiger partial charge on any atom is 0.245 e. The molecule has 1 fully saturated rings. The fraction of sp³-hybridized carbons (Fsp3) is 0.824. The summed E-state index contributed by atoms with van der Waals surface area (Å²) < 4.78 is 0. The number of hydrogen-bond donors (Lipinski definition) is 6. The van der Waals surface area contributed by atoms with Crippen LogP contribution < -0.4 is 27.0 Å². The van der Waals surface area contributed by atoms with Crippen LogP contribution in [0.25, 0.3) is 0 Å². The second kappa shape index (κ2) is 10.6. The molecule has 2 unspecified atom stereocenters. The van der Waals surface area contributed by atoms with Crippen molar-refractivity contribution in [3.63, 3.8) is 0 Å². The largest absolute Gasteiger partial charge is 0.391 e. The summed E-state index contributed by atoms with van der Waals surface area (Å²) in [5, 5.41) is 21.4. The fourth-order valence-corrected chi connectivity index (χ4v) is 2.94. The van der Waals surface area contributed by atoms with Gasteiger partial charge in [0.25, 0.3) is 0 Å². The molecular weight excluding hydrogens is 338 g/mol. The minimum Gasteiger partial charge on any atom is -0.391 e. The van der Waals surface area contributed by atoms with Crippen molar-refractivity contribution in [1.29, 1.82) is 0 Å². The average molecular weight is 371 g/mol. The molecule has 9 heteroatoms. The Hall–Kier alpha value is -1.55. The molecule has 2 amide bonds. The van der Waals surface area contributed by atoms with Crippen molar-refractivity contribution in [3.05, 3.63) is 0 Å². The Balaban J connectivity index is 2.69.